The van der Waals surface area contributed by atoms with Crippen molar-refractivity contribution in [2.75, 3.05) is 0 Å². The summed E-state index contributed by atoms with van der Waals surface area (Å²) in [5.41, 5.74) is 2.26. The van der Waals surface area contributed by atoms with Gasteiger partial charge in [-0.3, -0.25) is 0 Å². The lowest BCUT2D eigenvalue weighted by Crippen LogP contribution is -1.96. The van der Waals surface area contributed by atoms with E-state index in [4.69, 9.17) is 5.26 Å². The van der Waals surface area contributed by atoms with Gasteiger partial charge in [-0.05, 0) is 18.2 Å². The van der Waals surface area contributed by atoms with Crippen LogP contribution in [-0.4, -0.2) is 14.8 Å². The molecule has 80 valence electrons. The van der Waals surface area contributed by atoms with Gasteiger partial charge in [-0.2, -0.15) is 10.4 Å². The standard InChI is InChI=1S/C13H8N4/c14-7-10-6-11-9-16-17(13(11)15-8-10)12-4-2-1-3-5-12/h1-6,8-9H. The first-order chi connectivity index (χ1) is 8.38. The highest BCUT2D eigenvalue weighted by Crippen LogP contribution is 2.16. The van der Waals surface area contributed by atoms with E-state index in [9.17, 15) is 0 Å². The molecule has 4 heteroatoms. The molecule has 4 nitrogen and oxygen atoms in total. The van der Waals surface area contributed by atoms with Crippen LogP contribution >= 0.6 is 0 Å². The average Bonchev–Trinajstić information content (AvgIpc) is 2.82. The minimum atomic E-state index is 0.546. The van der Waals surface area contributed by atoms with Gasteiger partial charge in [0.05, 0.1) is 17.4 Å². The maximum absolute atomic E-state index is 8.80. The van der Waals surface area contributed by atoms with Gasteiger partial charge in [0.15, 0.2) is 5.65 Å². The largest absolute Gasteiger partial charge is 0.235 e. The van der Waals surface area contributed by atoms with E-state index in [-0.39, 0.29) is 0 Å². The van der Waals surface area contributed by atoms with Gasteiger partial charge in [-0.1, -0.05) is 18.2 Å². The van der Waals surface area contributed by atoms with Crippen molar-refractivity contribution in [2.24, 2.45) is 0 Å². The minimum absolute atomic E-state index is 0.546. The van der Waals surface area contributed by atoms with Crippen LogP contribution in [-0.2, 0) is 0 Å². The quantitative estimate of drug-likeness (QED) is 0.632. The van der Waals surface area contributed by atoms with Crippen molar-refractivity contribution in [3.63, 3.8) is 0 Å². The first-order valence-corrected chi connectivity index (χ1v) is 5.18. The number of hydrogen-bond donors (Lipinski definition) is 0. The molecule has 0 fully saturated rings. The van der Waals surface area contributed by atoms with E-state index in [1.807, 2.05) is 30.3 Å². The Morgan fingerprint density at radius 3 is 2.71 bits per heavy atom. The Bertz CT molecular complexity index is 707. The van der Waals surface area contributed by atoms with E-state index < -0.39 is 0 Å². The molecule has 0 atom stereocenters. The Morgan fingerprint density at radius 1 is 1.12 bits per heavy atom. The van der Waals surface area contributed by atoms with Crippen molar-refractivity contribution < 1.29 is 0 Å². The fraction of sp³-hybridized carbons (Fsp3) is 0. The lowest BCUT2D eigenvalue weighted by molar-refractivity contribution is 0.897. The zero-order valence-electron chi connectivity index (χ0n) is 8.91. The number of aromatic nitrogens is 3. The number of nitriles is 1. The van der Waals surface area contributed by atoms with E-state index in [0.717, 1.165) is 16.7 Å². The molecular weight excluding hydrogens is 212 g/mol. The monoisotopic (exact) mass is 220 g/mol. The zero-order chi connectivity index (χ0) is 11.7. The first-order valence-electron chi connectivity index (χ1n) is 5.18. The third-order valence-corrected chi connectivity index (χ3v) is 2.54. The Kier molecular flexibility index (Phi) is 2.09. The van der Waals surface area contributed by atoms with E-state index in [1.165, 1.54) is 0 Å². The Hall–Kier alpha value is -2.67. The lowest BCUT2D eigenvalue weighted by Gasteiger charge is -2.01. The molecule has 0 saturated carbocycles. The van der Waals surface area contributed by atoms with Crippen molar-refractivity contribution in [3.05, 3.63) is 54.4 Å². The molecule has 1 aromatic carbocycles. The number of nitrogens with zero attached hydrogens (tertiary/aromatic N) is 4. The second-order valence-corrected chi connectivity index (χ2v) is 3.64. The van der Waals surface area contributed by atoms with Gasteiger partial charge in [-0.25, -0.2) is 9.67 Å². The number of para-hydroxylation sites is 1. The summed E-state index contributed by atoms with van der Waals surface area (Å²) in [5.74, 6) is 0. The van der Waals surface area contributed by atoms with E-state index >= 15 is 0 Å². The van der Waals surface area contributed by atoms with Gasteiger partial charge in [0.2, 0.25) is 0 Å². The summed E-state index contributed by atoms with van der Waals surface area (Å²) >= 11 is 0. The molecule has 0 aliphatic carbocycles. The highest BCUT2D eigenvalue weighted by molar-refractivity contribution is 5.77. The molecule has 0 unspecified atom stereocenters. The number of benzene rings is 1. The van der Waals surface area contributed by atoms with Crippen LogP contribution in [0, 0.1) is 11.3 Å². The van der Waals surface area contributed by atoms with Crippen molar-refractivity contribution in [2.45, 2.75) is 0 Å². The molecule has 2 heterocycles. The van der Waals surface area contributed by atoms with Crippen LogP contribution in [0.5, 0.6) is 0 Å². The van der Waals surface area contributed by atoms with Crippen molar-refractivity contribution in [3.8, 4) is 11.8 Å². The van der Waals surface area contributed by atoms with E-state index in [0.29, 0.717) is 5.56 Å². The second kappa shape index (κ2) is 3.72. The molecule has 17 heavy (non-hydrogen) atoms. The van der Waals surface area contributed by atoms with E-state index in [1.54, 1.807) is 23.1 Å². The smallest absolute Gasteiger partial charge is 0.162 e. The molecule has 0 bridgehead atoms. The summed E-state index contributed by atoms with van der Waals surface area (Å²) < 4.78 is 1.76. The number of rotatable bonds is 1. The van der Waals surface area contributed by atoms with E-state index in [2.05, 4.69) is 16.2 Å². The van der Waals surface area contributed by atoms with Crippen LogP contribution in [0.1, 0.15) is 5.56 Å². The molecule has 0 spiro atoms. The summed E-state index contributed by atoms with van der Waals surface area (Å²) in [5, 5.41) is 14.0. The predicted molar refractivity (Wildman–Crippen MR) is 63.6 cm³/mol. The highest BCUT2D eigenvalue weighted by atomic mass is 15.3. The third-order valence-electron chi connectivity index (χ3n) is 2.54. The summed E-state index contributed by atoms with van der Waals surface area (Å²) in [7, 11) is 0. The summed E-state index contributed by atoms with van der Waals surface area (Å²) in [6.45, 7) is 0. The molecule has 2 aromatic heterocycles. The number of fused-ring (bicyclic) bond motifs is 1. The Morgan fingerprint density at radius 2 is 1.94 bits per heavy atom. The fourth-order valence-corrected chi connectivity index (χ4v) is 1.74. The Balaban J connectivity index is 2.23. The maximum atomic E-state index is 8.80. The van der Waals surface area contributed by atoms with Crippen LogP contribution in [0.2, 0.25) is 0 Å². The lowest BCUT2D eigenvalue weighted by atomic mass is 10.2. The van der Waals surface area contributed by atoms with Crippen molar-refractivity contribution >= 4 is 11.0 Å². The normalized spacial score (nSPS) is 10.3. The molecule has 0 N–H and O–H groups in total. The van der Waals surface area contributed by atoms with Crippen LogP contribution in [0.25, 0.3) is 16.7 Å². The van der Waals surface area contributed by atoms with Gasteiger partial charge >= 0.3 is 0 Å². The van der Waals surface area contributed by atoms with Crippen LogP contribution in [0.3, 0.4) is 0 Å². The molecule has 0 saturated heterocycles. The summed E-state index contributed by atoms with van der Waals surface area (Å²) in [6.07, 6.45) is 3.28. The molecular formula is C13H8N4. The second-order valence-electron chi connectivity index (χ2n) is 3.64. The van der Waals surface area contributed by atoms with Crippen LogP contribution < -0.4 is 0 Å². The summed E-state index contributed by atoms with van der Waals surface area (Å²) in [4.78, 5) is 4.27. The molecule has 3 rings (SSSR count). The minimum Gasteiger partial charge on any atom is -0.235 e. The average molecular weight is 220 g/mol. The Labute approximate surface area is 97.8 Å². The van der Waals surface area contributed by atoms with Crippen molar-refractivity contribution in [1.82, 2.24) is 14.8 Å². The maximum Gasteiger partial charge on any atom is 0.162 e. The topological polar surface area (TPSA) is 54.5 Å². The molecule has 0 radical (unpaired) electrons. The van der Waals surface area contributed by atoms with Gasteiger partial charge in [-0.15, -0.1) is 0 Å². The van der Waals surface area contributed by atoms with Gasteiger partial charge in [0.1, 0.15) is 6.07 Å². The summed E-state index contributed by atoms with van der Waals surface area (Å²) in [6, 6.07) is 13.6. The van der Waals surface area contributed by atoms with Gasteiger partial charge < -0.3 is 0 Å². The molecule has 0 aliphatic heterocycles. The van der Waals surface area contributed by atoms with Gasteiger partial charge in [0, 0.05) is 11.6 Å². The zero-order valence-corrected chi connectivity index (χ0v) is 8.91. The SMILES string of the molecule is N#Cc1cnc2c(cnn2-c2ccccc2)c1. The number of hydrogen-bond acceptors (Lipinski definition) is 3. The van der Waals surface area contributed by atoms with Crippen LogP contribution in [0.4, 0.5) is 0 Å². The van der Waals surface area contributed by atoms with Gasteiger partial charge in [0.25, 0.3) is 0 Å². The molecule has 3 aromatic rings. The number of pyridine rings is 1. The predicted octanol–water partition coefficient (Wildman–Crippen LogP) is 2.29. The first kappa shape index (κ1) is 9.55. The van der Waals surface area contributed by atoms with Crippen molar-refractivity contribution in [1.29, 1.82) is 5.26 Å². The highest BCUT2D eigenvalue weighted by Gasteiger charge is 2.06. The molecule has 0 amide bonds. The third kappa shape index (κ3) is 1.54. The molecule has 0 aliphatic rings. The van der Waals surface area contributed by atoms with Crippen LogP contribution in [0.15, 0.2) is 48.8 Å². The fourth-order valence-electron chi connectivity index (χ4n) is 1.74.